The summed E-state index contributed by atoms with van der Waals surface area (Å²) in [6, 6.07) is 15.5. The summed E-state index contributed by atoms with van der Waals surface area (Å²) in [5, 5.41) is 13.5. The molecule has 3 rings (SSSR count). The lowest BCUT2D eigenvalue weighted by Gasteiger charge is -2.37. The van der Waals surface area contributed by atoms with Crippen LogP contribution in [0.3, 0.4) is 0 Å². The first kappa shape index (κ1) is 22.1. The second-order valence-corrected chi connectivity index (χ2v) is 6.44. The van der Waals surface area contributed by atoms with Crippen LogP contribution >= 0.6 is 24.0 Å². The molecule has 0 saturated carbocycles. The fraction of sp³-hybridized carbons (Fsp3) is 0.381. The monoisotopic (exact) mass is 496 g/mol. The van der Waals surface area contributed by atoms with Gasteiger partial charge in [0.15, 0.2) is 5.96 Å². The van der Waals surface area contributed by atoms with Crippen molar-refractivity contribution in [2.75, 3.05) is 44.7 Å². The number of ether oxygens (including phenoxy) is 1. The van der Waals surface area contributed by atoms with Crippen molar-refractivity contribution in [1.82, 2.24) is 10.2 Å². The molecule has 1 fully saturated rings. The molecule has 28 heavy (non-hydrogen) atoms. The number of guanidine groups is 1. The molecule has 1 heterocycles. The highest BCUT2D eigenvalue weighted by Gasteiger charge is 2.21. The number of anilines is 1. The lowest BCUT2D eigenvalue weighted by Crippen LogP contribution is -2.52. The molecular formula is C21H29IN4O2. The lowest BCUT2D eigenvalue weighted by atomic mass is 10.2. The third-order valence-corrected chi connectivity index (χ3v) is 4.73. The number of para-hydroxylation sites is 3. The molecule has 0 atom stereocenters. The van der Waals surface area contributed by atoms with E-state index in [1.165, 1.54) is 0 Å². The molecule has 0 unspecified atom stereocenters. The number of phenols is 1. The predicted molar refractivity (Wildman–Crippen MR) is 125 cm³/mol. The van der Waals surface area contributed by atoms with E-state index in [1.807, 2.05) is 42.5 Å². The number of halogens is 1. The number of hydrogen-bond donors (Lipinski definition) is 2. The fourth-order valence-electron chi connectivity index (χ4n) is 3.31. The average molecular weight is 496 g/mol. The largest absolute Gasteiger partial charge is 0.506 e. The molecule has 2 N–H and O–H groups in total. The zero-order chi connectivity index (χ0) is 19.1. The molecule has 0 aromatic heterocycles. The summed E-state index contributed by atoms with van der Waals surface area (Å²) in [5.74, 6) is 2.12. The first-order valence-corrected chi connectivity index (χ1v) is 9.41. The number of aliphatic imine (C=N–C) groups is 1. The van der Waals surface area contributed by atoms with Gasteiger partial charge >= 0.3 is 0 Å². The minimum Gasteiger partial charge on any atom is -0.506 e. The van der Waals surface area contributed by atoms with E-state index in [0.717, 1.165) is 55.7 Å². The summed E-state index contributed by atoms with van der Waals surface area (Å²) in [6.45, 7) is 6.87. The zero-order valence-corrected chi connectivity index (χ0v) is 18.8. The molecule has 1 aliphatic rings. The Morgan fingerprint density at radius 1 is 1.07 bits per heavy atom. The highest BCUT2D eigenvalue weighted by molar-refractivity contribution is 14.0. The molecule has 152 valence electrons. The van der Waals surface area contributed by atoms with E-state index in [0.29, 0.717) is 12.3 Å². The summed E-state index contributed by atoms with van der Waals surface area (Å²) in [7, 11) is 1.69. The molecule has 1 aliphatic heterocycles. The van der Waals surface area contributed by atoms with Gasteiger partial charge in [-0.3, -0.25) is 0 Å². The second kappa shape index (κ2) is 11.0. The van der Waals surface area contributed by atoms with Crippen LogP contribution in [0.25, 0.3) is 0 Å². The molecule has 2 aromatic carbocycles. The Hall–Kier alpha value is -2.16. The molecule has 0 bridgehead atoms. The molecule has 1 saturated heterocycles. The van der Waals surface area contributed by atoms with Crippen LogP contribution in [0, 0.1) is 0 Å². The zero-order valence-electron chi connectivity index (χ0n) is 16.5. The third kappa shape index (κ3) is 5.43. The minimum absolute atomic E-state index is 0. The summed E-state index contributed by atoms with van der Waals surface area (Å²) in [6.07, 6.45) is 0. The van der Waals surface area contributed by atoms with Gasteiger partial charge in [0, 0.05) is 38.3 Å². The van der Waals surface area contributed by atoms with Crippen LogP contribution in [-0.2, 0) is 6.54 Å². The number of nitrogens with one attached hydrogen (secondary N) is 1. The first-order valence-electron chi connectivity index (χ1n) is 9.41. The normalized spacial score (nSPS) is 14.4. The summed E-state index contributed by atoms with van der Waals surface area (Å²) >= 11 is 0. The van der Waals surface area contributed by atoms with E-state index in [-0.39, 0.29) is 24.0 Å². The van der Waals surface area contributed by atoms with Crippen LogP contribution in [0.15, 0.2) is 53.5 Å². The molecule has 0 aliphatic carbocycles. The van der Waals surface area contributed by atoms with Gasteiger partial charge in [0.2, 0.25) is 0 Å². The van der Waals surface area contributed by atoms with Gasteiger partial charge in [-0.05, 0) is 25.1 Å². The van der Waals surface area contributed by atoms with Crippen molar-refractivity contribution in [1.29, 1.82) is 0 Å². The molecular weight excluding hydrogens is 467 g/mol. The maximum absolute atomic E-state index is 10.1. The quantitative estimate of drug-likeness (QED) is 0.378. The smallest absolute Gasteiger partial charge is 0.194 e. The van der Waals surface area contributed by atoms with Gasteiger partial charge in [0.05, 0.1) is 19.3 Å². The highest BCUT2D eigenvalue weighted by atomic mass is 127. The van der Waals surface area contributed by atoms with Gasteiger partial charge in [-0.15, -0.1) is 24.0 Å². The van der Waals surface area contributed by atoms with Crippen molar-refractivity contribution >= 4 is 35.6 Å². The van der Waals surface area contributed by atoms with Gasteiger partial charge in [-0.2, -0.15) is 0 Å². The maximum Gasteiger partial charge on any atom is 0.194 e. The van der Waals surface area contributed by atoms with E-state index in [4.69, 9.17) is 9.73 Å². The van der Waals surface area contributed by atoms with Gasteiger partial charge in [0.25, 0.3) is 0 Å². The van der Waals surface area contributed by atoms with Gasteiger partial charge in [-0.25, -0.2) is 4.99 Å². The number of aromatic hydroxyl groups is 1. The van der Waals surface area contributed by atoms with E-state index >= 15 is 0 Å². The number of benzene rings is 2. The molecule has 2 aromatic rings. The number of nitrogens with zero attached hydrogens (tertiary/aromatic N) is 3. The van der Waals surface area contributed by atoms with Crippen molar-refractivity contribution in [3.8, 4) is 11.5 Å². The van der Waals surface area contributed by atoms with E-state index in [2.05, 4.69) is 22.0 Å². The SMILES string of the molecule is CCNC(=NCc1ccccc1OC)N1CCN(c2ccccc2O)CC1.I. The van der Waals surface area contributed by atoms with Crippen LogP contribution in [0.2, 0.25) is 0 Å². The Kier molecular flexibility index (Phi) is 8.69. The Morgan fingerprint density at radius 3 is 2.43 bits per heavy atom. The third-order valence-electron chi connectivity index (χ3n) is 4.73. The van der Waals surface area contributed by atoms with Crippen molar-refractivity contribution in [2.45, 2.75) is 13.5 Å². The number of rotatable bonds is 5. The Bertz CT molecular complexity index is 777. The predicted octanol–water partition coefficient (Wildman–Crippen LogP) is 3.31. The van der Waals surface area contributed by atoms with Gasteiger partial charge in [0.1, 0.15) is 11.5 Å². The topological polar surface area (TPSA) is 60.3 Å². The summed E-state index contributed by atoms with van der Waals surface area (Å²) in [5.41, 5.74) is 1.97. The standard InChI is InChI=1S/C21H28N4O2.HI/c1-3-22-21(23-16-17-8-4-7-11-20(17)27-2)25-14-12-24(13-15-25)18-9-5-6-10-19(18)26;/h4-11,26H,3,12-16H2,1-2H3,(H,22,23);1H. The molecule has 0 amide bonds. The molecule has 0 spiro atoms. The van der Waals surface area contributed by atoms with Crippen molar-refractivity contribution in [2.24, 2.45) is 4.99 Å². The van der Waals surface area contributed by atoms with E-state index in [1.54, 1.807) is 13.2 Å². The number of methoxy groups -OCH3 is 1. The Labute approximate surface area is 184 Å². The lowest BCUT2D eigenvalue weighted by molar-refractivity contribution is 0.369. The Balaban J connectivity index is 0.00000280. The van der Waals surface area contributed by atoms with Crippen LogP contribution in [0.4, 0.5) is 5.69 Å². The maximum atomic E-state index is 10.1. The number of phenolic OH excluding ortho intramolecular Hbond substituents is 1. The number of piperazine rings is 1. The van der Waals surface area contributed by atoms with Crippen LogP contribution in [0.1, 0.15) is 12.5 Å². The summed E-state index contributed by atoms with van der Waals surface area (Å²) in [4.78, 5) is 9.31. The molecule has 7 heteroatoms. The van der Waals surface area contributed by atoms with Crippen LogP contribution < -0.4 is 15.0 Å². The van der Waals surface area contributed by atoms with E-state index < -0.39 is 0 Å². The first-order chi connectivity index (χ1) is 13.2. The minimum atomic E-state index is 0. The van der Waals surface area contributed by atoms with Crippen LogP contribution in [-0.4, -0.2) is 55.8 Å². The van der Waals surface area contributed by atoms with Crippen molar-refractivity contribution < 1.29 is 9.84 Å². The van der Waals surface area contributed by atoms with E-state index in [9.17, 15) is 5.11 Å². The number of hydrogen-bond acceptors (Lipinski definition) is 4. The highest BCUT2D eigenvalue weighted by Crippen LogP contribution is 2.27. The average Bonchev–Trinajstić information content (AvgIpc) is 2.72. The van der Waals surface area contributed by atoms with Crippen molar-refractivity contribution in [3.63, 3.8) is 0 Å². The van der Waals surface area contributed by atoms with Crippen LogP contribution in [0.5, 0.6) is 11.5 Å². The van der Waals surface area contributed by atoms with Gasteiger partial charge < -0.3 is 25.0 Å². The molecule has 0 radical (unpaired) electrons. The van der Waals surface area contributed by atoms with Gasteiger partial charge in [-0.1, -0.05) is 30.3 Å². The second-order valence-electron chi connectivity index (χ2n) is 6.44. The molecule has 6 nitrogen and oxygen atoms in total. The Morgan fingerprint density at radius 2 is 1.75 bits per heavy atom. The summed E-state index contributed by atoms with van der Waals surface area (Å²) < 4.78 is 5.42. The van der Waals surface area contributed by atoms with Crippen molar-refractivity contribution in [3.05, 3.63) is 54.1 Å². The fourth-order valence-corrected chi connectivity index (χ4v) is 3.31.